The van der Waals surface area contributed by atoms with Gasteiger partial charge in [-0.25, -0.2) is 0 Å². The molecule has 0 bridgehead atoms. The van der Waals surface area contributed by atoms with Crippen molar-refractivity contribution in [1.29, 1.82) is 0 Å². The monoisotopic (exact) mass is 222 g/mol. The van der Waals surface area contributed by atoms with E-state index in [2.05, 4.69) is 13.0 Å². The molecule has 1 atom stereocenters. The number of aliphatic hydroxyl groups is 2. The Balaban J connectivity index is 3.02. The first-order valence-corrected chi connectivity index (χ1v) is 5.65. The topological polar surface area (TPSA) is 40.5 Å². The van der Waals surface area contributed by atoms with Gasteiger partial charge in [-0.15, -0.1) is 0 Å². The minimum atomic E-state index is -1.12. The van der Waals surface area contributed by atoms with Crippen molar-refractivity contribution in [3.05, 3.63) is 34.9 Å². The maximum atomic E-state index is 10.3. The van der Waals surface area contributed by atoms with Crippen LogP contribution in [0.4, 0.5) is 0 Å². The largest absolute Gasteiger partial charge is 0.387 e. The Hall–Kier alpha value is -0.860. The van der Waals surface area contributed by atoms with Crippen molar-refractivity contribution in [3.8, 4) is 0 Å². The maximum absolute atomic E-state index is 10.3. The van der Waals surface area contributed by atoms with E-state index in [0.29, 0.717) is 6.42 Å². The molecule has 2 N–H and O–H groups in total. The molecule has 0 saturated heterocycles. The molecule has 0 radical (unpaired) electrons. The van der Waals surface area contributed by atoms with Gasteiger partial charge < -0.3 is 10.2 Å². The van der Waals surface area contributed by atoms with Crippen molar-refractivity contribution in [1.82, 2.24) is 0 Å². The van der Waals surface area contributed by atoms with Crippen LogP contribution in [0.15, 0.2) is 18.2 Å². The van der Waals surface area contributed by atoms with E-state index in [1.54, 1.807) is 20.8 Å². The fourth-order valence-corrected chi connectivity index (χ4v) is 1.59. The van der Waals surface area contributed by atoms with Crippen molar-refractivity contribution in [2.24, 2.45) is 0 Å². The molecular weight excluding hydrogens is 200 g/mol. The van der Waals surface area contributed by atoms with Gasteiger partial charge in [0.2, 0.25) is 0 Å². The Morgan fingerprint density at radius 3 is 2.12 bits per heavy atom. The minimum Gasteiger partial charge on any atom is -0.387 e. The number of aryl methyl sites for hydroxylation is 1. The first-order chi connectivity index (χ1) is 7.15. The second kappa shape index (κ2) is 4.19. The molecule has 2 heteroatoms. The van der Waals surface area contributed by atoms with Gasteiger partial charge in [-0.3, -0.25) is 0 Å². The van der Waals surface area contributed by atoms with Gasteiger partial charge in [0, 0.05) is 6.42 Å². The SMILES string of the molecule is Cc1cccc(CC(C)(O)C(C)(C)O)c1C. The number of rotatable bonds is 3. The van der Waals surface area contributed by atoms with Gasteiger partial charge in [0.15, 0.2) is 0 Å². The van der Waals surface area contributed by atoms with Gasteiger partial charge in [-0.2, -0.15) is 0 Å². The second-order valence-electron chi connectivity index (χ2n) is 5.37. The van der Waals surface area contributed by atoms with E-state index >= 15 is 0 Å². The van der Waals surface area contributed by atoms with E-state index in [4.69, 9.17) is 0 Å². The molecule has 16 heavy (non-hydrogen) atoms. The minimum absolute atomic E-state index is 0.462. The van der Waals surface area contributed by atoms with Crippen molar-refractivity contribution in [2.45, 2.75) is 52.2 Å². The fourth-order valence-electron chi connectivity index (χ4n) is 1.59. The smallest absolute Gasteiger partial charge is 0.0940 e. The number of hydrogen-bond acceptors (Lipinski definition) is 2. The van der Waals surface area contributed by atoms with Crippen molar-refractivity contribution >= 4 is 0 Å². The van der Waals surface area contributed by atoms with Crippen LogP contribution in [0.5, 0.6) is 0 Å². The molecular formula is C14H22O2. The van der Waals surface area contributed by atoms with Crippen LogP contribution in [-0.4, -0.2) is 21.4 Å². The van der Waals surface area contributed by atoms with Crippen LogP contribution >= 0.6 is 0 Å². The summed E-state index contributed by atoms with van der Waals surface area (Å²) >= 11 is 0. The van der Waals surface area contributed by atoms with Crippen LogP contribution in [-0.2, 0) is 6.42 Å². The van der Waals surface area contributed by atoms with E-state index in [0.717, 1.165) is 5.56 Å². The summed E-state index contributed by atoms with van der Waals surface area (Å²) in [6.45, 7) is 9.05. The standard InChI is InChI=1S/C14H22O2/c1-10-7-6-8-12(11(10)2)9-14(5,16)13(3,4)15/h6-8,15-16H,9H2,1-5H3. The van der Waals surface area contributed by atoms with Gasteiger partial charge in [0.05, 0.1) is 11.2 Å². The molecule has 1 aromatic carbocycles. The Morgan fingerprint density at radius 1 is 1.06 bits per heavy atom. The van der Waals surface area contributed by atoms with Crippen LogP contribution in [0, 0.1) is 13.8 Å². The molecule has 1 unspecified atom stereocenters. The lowest BCUT2D eigenvalue weighted by Crippen LogP contribution is -2.49. The molecule has 0 aliphatic heterocycles. The summed E-state index contributed by atoms with van der Waals surface area (Å²) in [6, 6.07) is 6.04. The molecule has 0 heterocycles. The molecule has 0 aliphatic carbocycles. The summed E-state index contributed by atoms with van der Waals surface area (Å²) in [5.74, 6) is 0. The average molecular weight is 222 g/mol. The van der Waals surface area contributed by atoms with Crippen LogP contribution < -0.4 is 0 Å². The Bertz CT molecular complexity index is 373. The predicted octanol–water partition coefficient (Wildman–Crippen LogP) is 2.37. The van der Waals surface area contributed by atoms with E-state index < -0.39 is 11.2 Å². The second-order valence-corrected chi connectivity index (χ2v) is 5.37. The normalized spacial score (nSPS) is 15.9. The van der Waals surface area contributed by atoms with Gasteiger partial charge in [0.25, 0.3) is 0 Å². The zero-order valence-corrected chi connectivity index (χ0v) is 10.8. The molecule has 0 amide bonds. The third kappa shape index (κ3) is 2.63. The first-order valence-electron chi connectivity index (χ1n) is 5.65. The molecule has 1 rings (SSSR count). The van der Waals surface area contributed by atoms with Gasteiger partial charge in [-0.1, -0.05) is 18.2 Å². The molecule has 1 aromatic rings. The van der Waals surface area contributed by atoms with Crippen molar-refractivity contribution in [2.75, 3.05) is 0 Å². The number of benzene rings is 1. The summed E-state index contributed by atoms with van der Waals surface area (Å²) in [6.07, 6.45) is 0.462. The highest BCUT2D eigenvalue weighted by molar-refractivity contribution is 5.34. The van der Waals surface area contributed by atoms with E-state index in [9.17, 15) is 10.2 Å². The van der Waals surface area contributed by atoms with Crippen LogP contribution in [0.3, 0.4) is 0 Å². The third-order valence-corrected chi connectivity index (χ3v) is 3.57. The average Bonchev–Trinajstić information content (AvgIpc) is 2.11. The quantitative estimate of drug-likeness (QED) is 0.824. The van der Waals surface area contributed by atoms with Crippen molar-refractivity contribution in [3.63, 3.8) is 0 Å². The van der Waals surface area contributed by atoms with Gasteiger partial charge >= 0.3 is 0 Å². The fraction of sp³-hybridized carbons (Fsp3) is 0.571. The lowest BCUT2D eigenvalue weighted by Gasteiger charge is -2.36. The molecule has 90 valence electrons. The van der Waals surface area contributed by atoms with Gasteiger partial charge in [0.1, 0.15) is 0 Å². The highest BCUT2D eigenvalue weighted by Gasteiger charge is 2.37. The number of hydrogen-bond donors (Lipinski definition) is 2. The van der Waals surface area contributed by atoms with E-state index in [-0.39, 0.29) is 0 Å². The van der Waals surface area contributed by atoms with Crippen LogP contribution in [0.1, 0.15) is 37.5 Å². The Kier molecular flexibility index (Phi) is 3.46. The summed E-state index contributed by atoms with van der Waals surface area (Å²) < 4.78 is 0. The summed E-state index contributed by atoms with van der Waals surface area (Å²) in [5, 5.41) is 20.2. The molecule has 0 saturated carbocycles. The first kappa shape index (κ1) is 13.2. The van der Waals surface area contributed by atoms with Gasteiger partial charge in [-0.05, 0) is 51.3 Å². The zero-order valence-electron chi connectivity index (χ0n) is 10.8. The molecule has 0 fully saturated rings. The highest BCUT2D eigenvalue weighted by atomic mass is 16.3. The van der Waals surface area contributed by atoms with Crippen LogP contribution in [0.25, 0.3) is 0 Å². The summed E-state index contributed by atoms with van der Waals surface area (Å²) in [4.78, 5) is 0. The lowest BCUT2D eigenvalue weighted by molar-refractivity contribution is -0.118. The highest BCUT2D eigenvalue weighted by Crippen LogP contribution is 2.27. The zero-order chi connectivity index (χ0) is 12.6. The summed E-state index contributed by atoms with van der Waals surface area (Å²) in [7, 11) is 0. The van der Waals surface area contributed by atoms with E-state index in [1.807, 2.05) is 19.1 Å². The molecule has 2 nitrogen and oxygen atoms in total. The van der Waals surface area contributed by atoms with Crippen molar-refractivity contribution < 1.29 is 10.2 Å². The Labute approximate surface area is 97.9 Å². The van der Waals surface area contributed by atoms with Crippen LogP contribution in [0.2, 0.25) is 0 Å². The maximum Gasteiger partial charge on any atom is 0.0940 e. The van der Waals surface area contributed by atoms with E-state index in [1.165, 1.54) is 11.1 Å². The molecule has 0 aliphatic rings. The lowest BCUT2D eigenvalue weighted by atomic mass is 9.81. The summed E-state index contributed by atoms with van der Waals surface area (Å²) in [5.41, 5.74) is 1.26. The Morgan fingerprint density at radius 2 is 1.62 bits per heavy atom. The predicted molar refractivity (Wildman–Crippen MR) is 66.5 cm³/mol. The molecule has 0 aromatic heterocycles. The third-order valence-electron chi connectivity index (χ3n) is 3.57. The molecule has 0 spiro atoms.